The number of nitro benzene ring substituents is 1. The number of carboxylic acids is 1. The quantitative estimate of drug-likeness (QED) is 0.670. The van der Waals surface area contributed by atoms with Crippen molar-refractivity contribution in [3.8, 4) is 11.3 Å². The maximum Gasteiger partial charge on any atom is 0.352 e. The molecule has 0 bridgehead atoms. The molecular weight excluding hydrogens is 260 g/mol. The summed E-state index contributed by atoms with van der Waals surface area (Å²) < 4.78 is 1.71. The van der Waals surface area contributed by atoms with Gasteiger partial charge in [-0.15, -0.1) is 0 Å². The Hall–Kier alpha value is -2.63. The molecule has 2 aromatic rings. The van der Waals surface area contributed by atoms with Crippen LogP contribution in [0.3, 0.4) is 0 Å². The first-order chi connectivity index (χ1) is 9.54. The fraction of sp³-hybridized carbons (Fsp3) is 0.214. The molecule has 1 N–H and O–H groups in total. The van der Waals surface area contributed by atoms with Crippen LogP contribution in [0.15, 0.2) is 36.4 Å². The lowest BCUT2D eigenvalue weighted by Crippen LogP contribution is -2.09. The second kappa shape index (κ2) is 5.56. The average molecular weight is 274 g/mol. The van der Waals surface area contributed by atoms with E-state index in [0.717, 1.165) is 17.7 Å². The highest BCUT2D eigenvalue weighted by molar-refractivity contribution is 5.87. The number of rotatable bonds is 5. The lowest BCUT2D eigenvalue weighted by atomic mass is 10.1. The van der Waals surface area contributed by atoms with Crippen molar-refractivity contribution in [1.29, 1.82) is 0 Å². The smallest absolute Gasteiger partial charge is 0.352 e. The summed E-state index contributed by atoms with van der Waals surface area (Å²) in [6.07, 6.45) is 0.801. The van der Waals surface area contributed by atoms with Crippen molar-refractivity contribution >= 4 is 11.7 Å². The Morgan fingerprint density at radius 3 is 2.40 bits per heavy atom. The highest BCUT2D eigenvalue weighted by Crippen LogP contribution is 2.25. The predicted molar refractivity (Wildman–Crippen MR) is 73.8 cm³/mol. The molecule has 0 radical (unpaired) electrons. The summed E-state index contributed by atoms with van der Waals surface area (Å²) in [6.45, 7) is 2.55. The van der Waals surface area contributed by atoms with E-state index in [-0.39, 0.29) is 11.4 Å². The number of non-ortho nitro benzene ring substituents is 1. The second-order valence-electron chi connectivity index (χ2n) is 4.36. The minimum Gasteiger partial charge on any atom is -0.477 e. The molecule has 1 aromatic heterocycles. The SMILES string of the molecule is CCCn1c(C(=O)O)ccc1-c1ccc([N+](=O)[O-])cc1. The van der Waals surface area contributed by atoms with Gasteiger partial charge in [0.2, 0.25) is 0 Å². The molecule has 0 saturated carbocycles. The molecule has 0 saturated heterocycles. The molecule has 0 fully saturated rings. The van der Waals surface area contributed by atoms with Gasteiger partial charge in [0.05, 0.1) is 4.92 Å². The second-order valence-corrected chi connectivity index (χ2v) is 4.36. The molecule has 6 nitrogen and oxygen atoms in total. The molecule has 6 heteroatoms. The van der Waals surface area contributed by atoms with E-state index in [4.69, 9.17) is 5.11 Å². The van der Waals surface area contributed by atoms with Gasteiger partial charge in [0.25, 0.3) is 5.69 Å². The number of benzene rings is 1. The highest BCUT2D eigenvalue weighted by Gasteiger charge is 2.15. The number of carboxylic acid groups (broad SMARTS) is 1. The molecule has 1 aromatic carbocycles. The first kappa shape index (κ1) is 13.8. The van der Waals surface area contributed by atoms with Gasteiger partial charge in [0.1, 0.15) is 5.69 Å². The van der Waals surface area contributed by atoms with Gasteiger partial charge in [-0.3, -0.25) is 10.1 Å². The van der Waals surface area contributed by atoms with Crippen molar-refractivity contribution in [2.24, 2.45) is 0 Å². The zero-order valence-electron chi connectivity index (χ0n) is 10.9. The average Bonchev–Trinajstić information content (AvgIpc) is 2.83. The summed E-state index contributed by atoms with van der Waals surface area (Å²) in [6, 6.07) is 9.36. The van der Waals surface area contributed by atoms with Crippen LogP contribution in [0.1, 0.15) is 23.8 Å². The third-order valence-corrected chi connectivity index (χ3v) is 3.02. The van der Waals surface area contributed by atoms with Crippen LogP contribution in [0.25, 0.3) is 11.3 Å². The van der Waals surface area contributed by atoms with E-state index in [1.54, 1.807) is 28.8 Å². The lowest BCUT2D eigenvalue weighted by molar-refractivity contribution is -0.384. The van der Waals surface area contributed by atoms with Gasteiger partial charge < -0.3 is 9.67 Å². The van der Waals surface area contributed by atoms with Gasteiger partial charge in [-0.1, -0.05) is 6.92 Å². The Labute approximate surface area is 115 Å². The van der Waals surface area contributed by atoms with Crippen molar-refractivity contribution in [1.82, 2.24) is 4.57 Å². The van der Waals surface area contributed by atoms with Crippen LogP contribution in [-0.2, 0) is 6.54 Å². The molecular formula is C14H14N2O4. The molecule has 20 heavy (non-hydrogen) atoms. The van der Waals surface area contributed by atoms with Crippen molar-refractivity contribution in [2.45, 2.75) is 19.9 Å². The zero-order valence-corrected chi connectivity index (χ0v) is 10.9. The summed E-state index contributed by atoms with van der Waals surface area (Å²) in [5.74, 6) is -0.980. The summed E-state index contributed by atoms with van der Waals surface area (Å²) in [4.78, 5) is 21.3. The van der Waals surface area contributed by atoms with Gasteiger partial charge in [0.15, 0.2) is 0 Å². The molecule has 1 heterocycles. The lowest BCUT2D eigenvalue weighted by Gasteiger charge is -2.10. The molecule has 104 valence electrons. The van der Waals surface area contributed by atoms with Gasteiger partial charge in [-0.05, 0) is 36.2 Å². The summed E-state index contributed by atoms with van der Waals surface area (Å²) in [5, 5.41) is 19.8. The monoisotopic (exact) mass is 274 g/mol. The van der Waals surface area contributed by atoms with Gasteiger partial charge in [-0.2, -0.15) is 0 Å². The Balaban J connectivity index is 2.46. The number of hydrogen-bond acceptors (Lipinski definition) is 3. The number of aromatic carboxylic acids is 1. The minimum atomic E-state index is -0.980. The maximum atomic E-state index is 11.2. The first-order valence-corrected chi connectivity index (χ1v) is 6.22. The molecule has 0 unspecified atom stereocenters. The minimum absolute atomic E-state index is 0.0146. The van der Waals surface area contributed by atoms with Crippen molar-refractivity contribution < 1.29 is 14.8 Å². The van der Waals surface area contributed by atoms with E-state index in [1.165, 1.54) is 12.1 Å². The first-order valence-electron chi connectivity index (χ1n) is 6.22. The van der Waals surface area contributed by atoms with Crippen molar-refractivity contribution in [2.75, 3.05) is 0 Å². The predicted octanol–water partition coefficient (Wildman–Crippen LogP) is 3.17. The number of nitrogens with zero attached hydrogens (tertiary/aromatic N) is 2. The Bertz CT molecular complexity index is 644. The Morgan fingerprint density at radius 1 is 1.25 bits per heavy atom. The van der Waals surface area contributed by atoms with Crippen LogP contribution in [0.5, 0.6) is 0 Å². The van der Waals surface area contributed by atoms with E-state index in [0.29, 0.717) is 6.54 Å². The molecule has 0 aliphatic rings. The summed E-state index contributed by atoms with van der Waals surface area (Å²) in [7, 11) is 0. The summed E-state index contributed by atoms with van der Waals surface area (Å²) in [5.41, 5.74) is 1.75. The molecule has 2 rings (SSSR count). The van der Waals surface area contributed by atoms with Gasteiger partial charge >= 0.3 is 5.97 Å². The highest BCUT2D eigenvalue weighted by atomic mass is 16.6. The normalized spacial score (nSPS) is 10.4. The Kier molecular flexibility index (Phi) is 3.84. The van der Waals surface area contributed by atoms with Crippen LogP contribution >= 0.6 is 0 Å². The fourth-order valence-corrected chi connectivity index (χ4v) is 2.12. The van der Waals surface area contributed by atoms with E-state index in [2.05, 4.69) is 0 Å². The fourth-order valence-electron chi connectivity index (χ4n) is 2.12. The maximum absolute atomic E-state index is 11.2. The summed E-state index contributed by atoms with van der Waals surface area (Å²) >= 11 is 0. The van der Waals surface area contributed by atoms with Crippen LogP contribution in [-0.4, -0.2) is 20.6 Å². The third kappa shape index (κ3) is 2.54. The topological polar surface area (TPSA) is 85.4 Å². The van der Waals surface area contributed by atoms with E-state index in [1.807, 2.05) is 6.92 Å². The van der Waals surface area contributed by atoms with Crippen molar-refractivity contribution in [3.63, 3.8) is 0 Å². The van der Waals surface area contributed by atoms with E-state index in [9.17, 15) is 14.9 Å². The van der Waals surface area contributed by atoms with Crippen LogP contribution in [0.2, 0.25) is 0 Å². The molecule has 0 spiro atoms. The molecule has 0 amide bonds. The number of carbonyl (C=O) groups is 1. The third-order valence-electron chi connectivity index (χ3n) is 3.02. The van der Waals surface area contributed by atoms with Crippen LogP contribution < -0.4 is 0 Å². The standard InChI is InChI=1S/C14H14N2O4/c1-2-9-15-12(7-8-13(15)14(17)18)10-3-5-11(6-4-10)16(19)20/h3-8H,2,9H2,1H3,(H,17,18). The largest absolute Gasteiger partial charge is 0.477 e. The van der Waals surface area contributed by atoms with E-state index >= 15 is 0 Å². The van der Waals surface area contributed by atoms with Crippen molar-refractivity contribution in [3.05, 3.63) is 52.2 Å². The number of nitro groups is 1. The number of aromatic nitrogens is 1. The molecule has 0 aliphatic carbocycles. The Morgan fingerprint density at radius 2 is 1.90 bits per heavy atom. The van der Waals surface area contributed by atoms with E-state index < -0.39 is 10.9 Å². The van der Waals surface area contributed by atoms with Gasteiger partial charge in [-0.25, -0.2) is 4.79 Å². The molecule has 0 atom stereocenters. The van der Waals surface area contributed by atoms with Crippen LogP contribution in [0, 0.1) is 10.1 Å². The van der Waals surface area contributed by atoms with Crippen LogP contribution in [0.4, 0.5) is 5.69 Å². The molecule has 0 aliphatic heterocycles. The zero-order chi connectivity index (χ0) is 14.7. The number of hydrogen-bond donors (Lipinski definition) is 1. The van der Waals surface area contributed by atoms with Gasteiger partial charge in [0, 0.05) is 24.4 Å².